The third-order valence-corrected chi connectivity index (χ3v) is 10.1. The van der Waals surface area contributed by atoms with Crippen LogP contribution in [0.5, 0.6) is 0 Å². The van der Waals surface area contributed by atoms with Gasteiger partial charge in [0, 0.05) is 30.9 Å². The van der Waals surface area contributed by atoms with E-state index in [-0.39, 0.29) is 48.3 Å². The Hall–Kier alpha value is -2.05. The van der Waals surface area contributed by atoms with Gasteiger partial charge >= 0.3 is 11.9 Å². The van der Waals surface area contributed by atoms with Gasteiger partial charge < -0.3 is 30.1 Å². The van der Waals surface area contributed by atoms with E-state index in [4.69, 9.17) is 9.47 Å². The van der Waals surface area contributed by atoms with Crippen LogP contribution in [0.15, 0.2) is 36.4 Å². The second kappa shape index (κ2) is 19.6. The van der Waals surface area contributed by atoms with E-state index in [0.717, 1.165) is 25.9 Å². The smallest absolute Gasteiger partial charge is 0.345 e. The normalized spacial score (nSPS) is 18.6. The number of benzene rings is 1. The van der Waals surface area contributed by atoms with Crippen LogP contribution in [-0.2, 0) is 30.4 Å². The van der Waals surface area contributed by atoms with E-state index in [1.807, 2.05) is 41.5 Å². The molecule has 0 saturated carbocycles. The summed E-state index contributed by atoms with van der Waals surface area (Å²) in [7, 11) is 5.92. The maximum atomic E-state index is 12.2. The zero-order chi connectivity index (χ0) is 33.6. The highest BCUT2D eigenvalue weighted by atomic mass is 33.1. The minimum atomic E-state index is -1.17. The zero-order valence-corrected chi connectivity index (χ0v) is 30.0. The number of carbonyl (C=O) groups excluding carboxylic acids is 2. The number of hydrogen-bond acceptors (Lipinski definition) is 9. The summed E-state index contributed by atoms with van der Waals surface area (Å²) in [6, 6.07) is 8.86. The van der Waals surface area contributed by atoms with Crippen LogP contribution in [0.25, 0.3) is 0 Å². The number of rotatable bonds is 22. The first-order chi connectivity index (χ1) is 21.2. The predicted octanol–water partition coefficient (Wildman–Crippen LogP) is 5.71. The van der Waals surface area contributed by atoms with Gasteiger partial charge in [-0.3, -0.25) is 9.59 Å². The molecule has 1 saturated heterocycles. The van der Waals surface area contributed by atoms with Crippen LogP contribution in [0.4, 0.5) is 0 Å². The number of nitrogens with one attached hydrogen (secondary N) is 2. The summed E-state index contributed by atoms with van der Waals surface area (Å²) in [4.78, 5) is 38.0. The van der Waals surface area contributed by atoms with Gasteiger partial charge in [0.2, 0.25) is 5.91 Å². The summed E-state index contributed by atoms with van der Waals surface area (Å²) in [6.07, 6.45) is 7.73. The lowest BCUT2D eigenvalue weighted by Gasteiger charge is -2.28. The van der Waals surface area contributed by atoms with Crippen LogP contribution in [0.1, 0.15) is 78.0 Å². The maximum absolute atomic E-state index is 12.2. The van der Waals surface area contributed by atoms with E-state index in [1.54, 1.807) is 6.92 Å². The molecule has 5 atom stereocenters. The van der Waals surface area contributed by atoms with Crippen LogP contribution < -0.4 is 10.6 Å². The van der Waals surface area contributed by atoms with Crippen molar-refractivity contribution in [1.29, 1.82) is 0 Å². The maximum Gasteiger partial charge on any atom is 0.345 e. The average Bonchev–Trinajstić information content (AvgIpc) is 3.75. The number of allylic oxidation sites excluding steroid dienone is 1. The minimum Gasteiger partial charge on any atom is -0.479 e. The van der Waals surface area contributed by atoms with Gasteiger partial charge in [-0.2, -0.15) is 0 Å². The first kappa shape index (κ1) is 39.1. The molecule has 0 spiro atoms. The Labute approximate surface area is 278 Å². The number of carbonyl (C=O) groups is 3. The van der Waals surface area contributed by atoms with Gasteiger partial charge in [0.05, 0.1) is 18.6 Å². The standard InChI is InChI=1S/C34H55N3O6S2/c1-23(2)18-28(32(39)40)42-33(41)25(4)19-36-29(38)20-35-17-11-9-10-12-24(3)30-31(43-30)27-15-13-26(14-16-27)21-37(7)22-34(5,6)45-44-8/h9,11,13-16,23-25,28,30-31,35H,10,12,17-22H2,1-8H3,(H,36,38)(H,39,40). The van der Waals surface area contributed by atoms with Crippen LogP contribution in [0.3, 0.4) is 0 Å². The van der Waals surface area contributed by atoms with Gasteiger partial charge in [-0.15, -0.1) is 0 Å². The van der Waals surface area contributed by atoms with Crippen LogP contribution in [0.2, 0.25) is 0 Å². The highest BCUT2D eigenvalue weighted by Gasteiger charge is 2.43. The largest absolute Gasteiger partial charge is 0.479 e. The fraction of sp³-hybridized carbons (Fsp3) is 0.676. The van der Waals surface area contributed by atoms with Gasteiger partial charge in [0.25, 0.3) is 0 Å². The van der Waals surface area contributed by atoms with Crippen molar-refractivity contribution < 1.29 is 29.0 Å². The number of aliphatic carboxylic acids is 1. The fourth-order valence-electron chi connectivity index (χ4n) is 5.20. The number of carboxylic acid groups (broad SMARTS) is 1. The van der Waals surface area contributed by atoms with E-state index in [9.17, 15) is 19.5 Å². The van der Waals surface area contributed by atoms with Crippen molar-refractivity contribution in [2.75, 3.05) is 39.5 Å². The third-order valence-electron chi connectivity index (χ3n) is 7.54. The Kier molecular flexibility index (Phi) is 17.0. The Balaban J connectivity index is 1.59. The highest BCUT2D eigenvalue weighted by Crippen LogP contribution is 2.44. The lowest BCUT2D eigenvalue weighted by Crippen LogP contribution is -2.39. The van der Waals surface area contributed by atoms with Crippen LogP contribution in [0, 0.1) is 17.8 Å². The Morgan fingerprint density at radius 2 is 1.82 bits per heavy atom. The zero-order valence-electron chi connectivity index (χ0n) is 28.3. The topological polar surface area (TPSA) is 121 Å². The molecule has 254 valence electrons. The third kappa shape index (κ3) is 15.4. The molecule has 9 nitrogen and oxygen atoms in total. The quantitative estimate of drug-likeness (QED) is 0.0468. The molecule has 1 fully saturated rings. The van der Waals surface area contributed by atoms with E-state index in [0.29, 0.717) is 12.5 Å². The monoisotopic (exact) mass is 665 g/mol. The Morgan fingerprint density at radius 1 is 1.13 bits per heavy atom. The fourth-order valence-corrected chi connectivity index (χ4v) is 7.43. The van der Waals surface area contributed by atoms with Crippen LogP contribution >= 0.6 is 21.6 Å². The van der Waals surface area contributed by atoms with E-state index < -0.39 is 24.0 Å². The molecule has 2 rings (SSSR count). The second-order valence-electron chi connectivity index (χ2n) is 13.2. The lowest BCUT2D eigenvalue weighted by molar-refractivity contribution is -0.167. The molecule has 0 radical (unpaired) electrons. The van der Waals surface area contributed by atoms with E-state index >= 15 is 0 Å². The molecule has 0 aliphatic carbocycles. The number of hydrogen-bond donors (Lipinski definition) is 3. The Morgan fingerprint density at radius 3 is 2.44 bits per heavy atom. The molecule has 3 N–H and O–H groups in total. The molecule has 5 unspecified atom stereocenters. The number of carboxylic acids is 1. The van der Waals surface area contributed by atoms with Crippen molar-refractivity contribution in [2.24, 2.45) is 17.8 Å². The molecule has 1 aliphatic heterocycles. The van der Waals surface area contributed by atoms with Crippen molar-refractivity contribution in [3.05, 3.63) is 47.5 Å². The first-order valence-electron chi connectivity index (χ1n) is 15.9. The molecule has 1 aliphatic rings. The molecule has 1 aromatic carbocycles. The number of amides is 1. The molecule has 0 aromatic heterocycles. The number of epoxide rings is 1. The molecule has 11 heteroatoms. The highest BCUT2D eigenvalue weighted by molar-refractivity contribution is 8.76. The van der Waals surface area contributed by atoms with Crippen molar-refractivity contribution in [3.8, 4) is 0 Å². The van der Waals surface area contributed by atoms with Crippen molar-refractivity contribution >= 4 is 39.4 Å². The van der Waals surface area contributed by atoms with Gasteiger partial charge in [0.1, 0.15) is 6.10 Å². The van der Waals surface area contributed by atoms with Crippen molar-refractivity contribution in [3.63, 3.8) is 0 Å². The molecule has 0 bridgehead atoms. The number of ether oxygens (including phenoxy) is 2. The molecule has 45 heavy (non-hydrogen) atoms. The minimum absolute atomic E-state index is 0.0793. The summed E-state index contributed by atoms with van der Waals surface area (Å²) in [5.41, 5.74) is 2.56. The van der Waals surface area contributed by atoms with Gasteiger partial charge in [-0.25, -0.2) is 4.79 Å². The van der Waals surface area contributed by atoms with Gasteiger partial charge in [-0.1, -0.05) is 85.7 Å². The summed E-state index contributed by atoms with van der Waals surface area (Å²) in [5.74, 6) is -2.14. The molecule has 1 aromatic rings. The average molecular weight is 666 g/mol. The van der Waals surface area contributed by atoms with Crippen LogP contribution in [-0.4, -0.2) is 84.3 Å². The summed E-state index contributed by atoms with van der Waals surface area (Å²) in [5, 5.41) is 15.0. The summed E-state index contributed by atoms with van der Waals surface area (Å²) >= 11 is 0. The van der Waals surface area contributed by atoms with Crippen molar-refractivity contribution in [2.45, 2.75) is 90.4 Å². The number of esters is 1. The van der Waals surface area contributed by atoms with E-state index in [2.05, 4.69) is 79.9 Å². The van der Waals surface area contributed by atoms with Gasteiger partial charge in [-0.05, 0) is 69.4 Å². The molecule has 1 amide bonds. The van der Waals surface area contributed by atoms with Gasteiger partial charge in [0.15, 0.2) is 6.10 Å². The SMILES string of the molecule is CSSC(C)(C)CN(C)Cc1ccc(C2OC2C(C)CCC=CCNCC(=O)NCC(C)C(=O)OC(CC(C)C)C(=O)O)cc1. The Bertz CT molecular complexity index is 1100. The molecular weight excluding hydrogens is 611 g/mol. The van der Waals surface area contributed by atoms with E-state index in [1.165, 1.54) is 11.1 Å². The van der Waals surface area contributed by atoms with Crippen molar-refractivity contribution in [1.82, 2.24) is 15.5 Å². The second-order valence-corrected chi connectivity index (χ2v) is 16.3. The molecule has 1 heterocycles. The molecular formula is C34H55N3O6S2. The summed E-state index contributed by atoms with van der Waals surface area (Å²) in [6.45, 7) is 14.9. The lowest BCUT2D eigenvalue weighted by atomic mass is 9.96. The number of nitrogens with zero attached hydrogens (tertiary/aromatic N) is 1. The first-order valence-corrected chi connectivity index (χ1v) is 18.5. The predicted molar refractivity (Wildman–Crippen MR) is 185 cm³/mol. The summed E-state index contributed by atoms with van der Waals surface area (Å²) < 4.78 is 11.4.